The predicted octanol–water partition coefficient (Wildman–Crippen LogP) is -0.244. The lowest BCUT2D eigenvalue weighted by Crippen LogP contribution is -2.40. The van der Waals surface area contributed by atoms with Crippen LogP contribution in [0.25, 0.3) is 0 Å². The Balaban J connectivity index is 1.66. The number of amides is 1. The molecule has 0 saturated heterocycles. The molecule has 94 valence electrons. The Labute approximate surface area is 104 Å². The second-order valence-electron chi connectivity index (χ2n) is 4.49. The number of aromatic nitrogens is 5. The van der Waals surface area contributed by atoms with E-state index >= 15 is 0 Å². The van der Waals surface area contributed by atoms with Gasteiger partial charge in [0.15, 0.2) is 5.69 Å². The van der Waals surface area contributed by atoms with Gasteiger partial charge in [-0.2, -0.15) is 5.10 Å². The first-order valence-electron chi connectivity index (χ1n) is 5.90. The summed E-state index contributed by atoms with van der Waals surface area (Å²) in [6, 6.07) is 2.13. The average molecular weight is 246 g/mol. The third-order valence-corrected chi connectivity index (χ3v) is 3.12. The van der Waals surface area contributed by atoms with Gasteiger partial charge in [-0.15, -0.1) is 5.10 Å². The highest BCUT2D eigenvalue weighted by atomic mass is 16.2. The predicted molar refractivity (Wildman–Crippen MR) is 62.8 cm³/mol. The molecule has 2 aromatic rings. The standard InChI is InChI=1S/C11H14N6O/c1-16-7-10(14-15-16)11(18)13-8-3-5-17-9(6-8)2-4-12-17/h2,4,7-8H,3,5-6H2,1H3,(H,13,18)/t8-/m1/s1. The molecule has 0 radical (unpaired) electrons. The third kappa shape index (κ3) is 1.99. The van der Waals surface area contributed by atoms with Gasteiger partial charge in [-0.25, -0.2) is 0 Å². The summed E-state index contributed by atoms with van der Waals surface area (Å²) < 4.78 is 3.50. The summed E-state index contributed by atoms with van der Waals surface area (Å²) in [6.07, 6.45) is 5.11. The Morgan fingerprint density at radius 2 is 2.44 bits per heavy atom. The smallest absolute Gasteiger partial charge is 0.273 e. The maximum absolute atomic E-state index is 11.9. The van der Waals surface area contributed by atoms with Gasteiger partial charge in [0.1, 0.15) is 0 Å². The summed E-state index contributed by atoms with van der Waals surface area (Å²) in [7, 11) is 1.74. The maximum Gasteiger partial charge on any atom is 0.273 e. The van der Waals surface area contributed by atoms with Gasteiger partial charge in [-0.05, 0) is 12.5 Å². The first kappa shape index (κ1) is 10.9. The highest BCUT2D eigenvalue weighted by Crippen LogP contribution is 2.14. The van der Waals surface area contributed by atoms with E-state index in [1.807, 2.05) is 10.7 Å². The zero-order chi connectivity index (χ0) is 12.5. The number of hydrogen-bond donors (Lipinski definition) is 1. The van der Waals surface area contributed by atoms with Crippen LogP contribution in [0.1, 0.15) is 22.6 Å². The van der Waals surface area contributed by atoms with Crippen LogP contribution in [0, 0.1) is 0 Å². The minimum Gasteiger partial charge on any atom is -0.347 e. The van der Waals surface area contributed by atoms with Gasteiger partial charge in [0, 0.05) is 37.9 Å². The fourth-order valence-electron chi connectivity index (χ4n) is 2.20. The van der Waals surface area contributed by atoms with Crippen molar-refractivity contribution in [3.05, 3.63) is 29.8 Å². The lowest BCUT2D eigenvalue weighted by Gasteiger charge is -2.23. The van der Waals surface area contributed by atoms with Gasteiger partial charge in [0.2, 0.25) is 0 Å². The molecule has 1 amide bonds. The van der Waals surface area contributed by atoms with E-state index < -0.39 is 0 Å². The molecule has 3 rings (SSSR count). The lowest BCUT2D eigenvalue weighted by atomic mass is 10.0. The fraction of sp³-hybridized carbons (Fsp3) is 0.455. The van der Waals surface area contributed by atoms with E-state index in [0.717, 1.165) is 25.1 Å². The molecule has 7 nitrogen and oxygen atoms in total. The fourth-order valence-corrected chi connectivity index (χ4v) is 2.20. The number of rotatable bonds is 2. The van der Waals surface area contributed by atoms with Crippen LogP contribution in [0.2, 0.25) is 0 Å². The number of carbonyl (C=O) groups is 1. The van der Waals surface area contributed by atoms with Crippen molar-refractivity contribution in [1.82, 2.24) is 30.1 Å². The van der Waals surface area contributed by atoms with Crippen LogP contribution in [0.4, 0.5) is 0 Å². The molecule has 1 aliphatic heterocycles. The first-order valence-corrected chi connectivity index (χ1v) is 5.90. The molecule has 1 atom stereocenters. The first-order chi connectivity index (χ1) is 8.72. The molecule has 18 heavy (non-hydrogen) atoms. The van der Waals surface area contributed by atoms with Gasteiger partial charge >= 0.3 is 0 Å². The van der Waals surface area contributed by atoms with Gasteiger partial charge < -0.3 is 5.32 Å². The Kier molecular flexibility index (Phi) is 2.58. The molecule has 0 aromatic carbocycles. The average Bonchev–Trinajstić information content (AvgIpc) is 2.96. The number of carbonyl (C=O) groups excluding carboxylic acids is 1. The van der Waals surface area contributed by atoms with Crippen LogP contribution in [0.15, 0.2) is 18.5 Å². The van der Waals surface area contributed by atoms with E-state index in [-0.39, 0.29) is 11.9 Å². The van der Waals surface area contributed by atoms with E-state index in [2.05, 4.69) is 20.7 Å². The van der Waals surface area contributed by atoms with E-state index in [0.29, 0.717) is 5.69 Å². The van der Waals surface area contributed by atoms with Crippen LogP contribution < -0.4 is 5.32 Å². The van der Waals surface area contributed by atoms with E-state index in [1.54, 1.807) is 19.4 Å². The summed E-state index contributed by atoms with van der Waals surface area (Å²) in [5.41, 5.74) is 1.52. The van der Waals surface area contributed by atoms with Gasteiger partial charge in [0.05, 0.1) is 6.20 Å². The number of fused-ring (bicyclic) bond motifs is 1. The van der Waals surface area contributed by atoms with Crippen molar-refractivity contribution in [2.75, 3.05) is 0 Å². The SMILES string of the molecule is Cn1cc(C(=O)N[C@@H]2CCn3nccc3C2)nn1. The summed E-state index contributed by atoms with van der Waals surface area (Å²) in [6.45, 7) is 0.841. The maximum atomic E-state index is 11.9. The van der Waals surface area contributed by atoms with Crippen LogP contribution in [-0.2, 0) is 20.0 Å². The highest BCUT2D eigenvalue weighted by Gasteiger charge is 2.21. The van der Waals surface area contributed by atoms with Crippen LogP contribution >= 0.6 is 0 Å². The second kappa shape index (κ2) is 4.25. The minimum atomic E-state index is -0.166. The van der Waals surface area contributed by atoms with Crippen LogP contribution in [-0.4, -0.2) is 36.7 Å². The lowest BCUT2D eigenvalue weighted by molar-refractivity contribution is 0.0925. The Bertz CT molecular complexity index is 572. The molecule has 1 aliphatic rings. The van der Waals surface area contributed by atoms with E-state index in [1.165, 1.54) is 4.68 Å². The van der Waals surface area contributed by atoms with Crippen LogP contribution in [0.3, 0.4) is 0 Å². The molecular weight excluding hydrogens is 232 g/mol. The molecule has 1 N–H and O–H groups in total. The molecular formula is C11H14N6O. The molecule has 0 bridgehead atoms. The van der Waals surface area contributed by atoms with Gasteiger partial charge in [-0.3, -0.25) is 14.2 Å². The topological polar surface area (TPSA) is 77.6 Å². The number of nitrogens with zero attached hydrogens (tertiary/aromatic N) is 5. The van der Waals surface area contributed by atoms with Crippen molar-refractivity contribution >= 4 is 5.91 Å². The summed E-state index contributed by atoms with van der Waals surface area (Å²) >= 11 is 0. The molecule has 0 spiro atoms. The molecule has 3 heterocycles. The largest absolute Gasteiger partial charge is 0.347 e. The zero-order valence-corrected chi connectivity index (χ0v) is 10.1. The number of nitrogens with one attached hydrogen (secondary N) is 1. The normalized spacial score (nSPS) is 18.4. The summed E-state index contributed by atoms with van der Waals surface area (Å²) in [5.74, 6) is -0.166. The third-order valence-electron chi connectivity index (χ3n) is 3.12. The Hall–Kier alpha value is -2.18. The highest BCUT2D eigenvalue weighted by molar-refractivity contribution is 5.92. The Morgan fingerprint density at radius 3 is 3.22 bits per heavy atom. The van der Waals surface area contributed by atoms with Crippen molar-refractivity contribution < 1.29 is 4.79 Å². The number of aryl methyl sites for hydroxylation is 2. The summed E-state index contributed by atoms with van der Waals surface area (Å²) in [5, 5.41) is 14.7. The van der Waals surface area contributed by atoms with Crippen molar-refractivity contribution in [2.24, 2.45) is 7.05 Å². The minimum absolute atomic E-state index is 0.142. The molecule has 2 aromatic heterocycles. The van der Waals surface area contributed by atoms with Crippen molar-refractivity contribution in [3.8, 4) is 0 Å². The zero-order valence-electron chi connectivity index (χ0n) is 10.1. The quantitative estimate of drug-likeness (QED) is 0.793. The summed E-state index contributed by atoms with van der Waals surface area (Å²) in [4.78, 5) is 11.9. The van der Waals surface area contributed by atoms with Crippen molar-refractivity contribution in [3.63, 3.8) is 0 Å². The van der Waals surface area contributed by atoms with Gasteiger partial charge in [-0.1, -0.05) is 5.21 Å². The Morgan fingerprint density at radius 1 is 1.56 bits per heavy atom. The monoisotopic (exact) mass is 246 g/mol. The molecule has 7 heteroatoms. The molecule has 0 unspecified atom stereocenters. The van der Waals surface area contributed by atoms with Crippen molar-refractivity contribution in [1.29, 1.82) is 0 Å². The molecule has 0 saturated carbocycles. The van der Waals surface area contributed by atoms with Crippen molar-refractivity contribution in [2.45, 2.75) is 25.4 Å². The van der Waals surface area contributed by atoms with Crippen LogP contribution in [0.5, 0.6) is 0 Å². The second-order valence-corrected chi connectivity index (χ2v) is 4.49. The van der Waals surface area contributed by atoms with E-state index in [4.69, 9.17) is 0 Å². The molecule has 0 aliphatic carbocycles. The van der Waals surface area contributed by atoms with E-state index in [9.17, 15) is 4.79 Å². The van der Waals surface area contributed by atoms with Gasteiger partial charge in [0.25, 0.3) is 5.91 Å². The molecule has 0 fully saturated rings. The number of hydrogen-bond acceptors (Lipinski definition) is 4.